The third kappa shape index (κ3) is 4.28. The predicted octanol–water partition coefficient (Wildman–Crippen LogP) is 2.28. The normalized spacial score (nSPS) is 20.0. The average molecular weight is 457 g/mol. The summed E-state index contributed by atoms with van der Waals surface area (Å²) in [6.07, 6.45) is 0.956. The van der Waals surface area contributed by atoms with Crippen LogP contribution in [0, 0.1) is 0 Å². The van der Waals surface area contributed by atoms with Crippen LogP contribution in [0.4, 0.5) is 5.69 Å². The molecule has 2 heterocycles. The summed E-state index contributed by atoms with van der Waals surface area (Å²) in [6, 6.07) is 9.80. The molecule has 0 unspecified atom stereocenters. The summed E-state index contributed by atoms with van der Waals surface area (Å²) in [5.74, 6) is 0.0362. The molecule has 8 nitrogen and oxygen atoms in total. The molecule has 3 N–H and O–H groups in total. The van der Waals surface area contributed by atoms with Crippen LogP contribution in [0.5, 0.6) is 5.75 Å². The second-order valence-corrected chi connectivity index (χ2v) is 8.36. The number of fused-ring (bicyclic) bond motifs is 2. The van der Waals surface area contributed by atoms with Crippen molar-refractivity contribution in [1.82, 2.24) is 15.5 Å². The van der Waals surface area contributed by atoms with Crippen molar-refractivity contribution >= 4 is 35.0 Å². The number of carbonyl (C=O) groups is 3. The van der Waals surface area contributed by atoms with Crippen LogP contribution in [0.3, 0.4) is 0 Å². The van der Waals surface area contributed by atoms with E-state index in [1.165, 1.54) is 0 Å². The molecular weight excluding hydrogens is 432 g/mol. The molecule has 2 atom stereocenters. The van der Waals surface area contributed by atoms with E-state index >= 15 is 0 Å². The van der Waals surface area contributed by atoms with E-state index in [2.05, 4.69) is 16.0 Å². The number of nitrogens with one attached hydrogen (secondary N) is 3. The van der Waals surface area contributed by atoms with Crippen LogP contribution in [0.1, 0.15) is 23.2 Å². The minimum absolute atomic E-state index is 0.130. The number of likely N-dealkylation sites (N-methyl/N-ethyl adjacent to an activating group) is 1. The summed E-state index contributed by atoms with van der Waals surface area (Å²) in [6.45, 7) is 0.586. The molecule has 1 fully saturated rings. The molecule has 0 spiro atoms. The second-order valence-electron chi connectivity index (χ2n) is 7.93. The molecule has 2 aliphatic rings. The zero-order valence-electron chi connectivity index (χ0n) is 17.9. The Balaban J connectivity index is 1.63. The number of rotatable bonds is 5. The fourth-order valence-electron chi connectivity index (χ4n) is 4.30. The van der Waals surface area contributed by atoms with Gasteiger partial charge in [-0.05, 0) is 55.8 Å². The van der Waals surface area contributed by atoms with Crippen LogP contribution in [0.15, 0.2) is 36.4 Å². The Kier molecular flexibility index (Phi) is 6.34. The number of anilines is 1. The summed E-state index contributed by atoms with van der Waals surface area (Å²) in [5.41, 5.74) is 2.40. The first-order chi connectivity index (χ1) is 15.4. The molecule has 0 bridgehead atoms. The van der Waals surface area contributed by atoms with Gasteiger partial charge in [0.05, 0.1) is 24.9 Å². The van der Waals surface area contributed by atoms with Gasteiger partial charge in [0.1, 0.15) is 11.8 Å². The first kappa shape index (κ1) is 22.1. The van der Waals surface area contributed by atoms with Gasteiger partial charge in [-0.2, -0.15) is 0 Å². The lowest BCUT2D eigenvalue weighted by atomic mass is 9.95. The number of nitrogens with zero attached hydrogens (tertiary/aromatic N) is 1. The van der Waals surface area contributed by atoms with Crippen molar-refractivity contribution in [2.75, 3.05) is 32.6 Å². The highest BCUT2D eigenvalue weighted by molar-refractivity contribution is 6.31. The van der Waals surface area contributed by atoms with Crippen LogP contribution < -0.4 is 20.7 Å². The third-order valence-corrected chi connectivity index (χ3v) is 6.08. The van der Waals surface area contributed by atoms with Crippen molar-refractivity contribution < 1.29 is 19.1 Å². The molecule has 4 rings (SSSR count). The Labute approximate surface area is 191 Å². The Morgan fingerprint density at radius 3 is 2.78 bits per heavy atom. The van der Waals surface area contributed by atoms with E-state index in [0.717, 1.165) is 11.1 Å². The monoisotopic (exact) mass is 456 g/mol. The maximum Gasteiger partial charge on any atom is 0.256 e. The van der Waals surface area contributed by atoms with Gasteiger partial charge < -0.3 is 25.6 Å². The Bertz CT molecular complexity index is 1070. The highest BCUT2D eigenvalue weighted by Gasteiger charge is 2.40. The van der Waals surface area contributed by atoms with E-state index in [1.807, 2.05) is 6.07 Å². The number of amides is 3. The predicted molar refractivity (Wildman–Crippen MR) is 122 cm³/mol. The van der Waals surface area contributed by atoms with Gasteiger partial charge >= 0.3 is 0 Å². The summed E-state index contributed by atoms with van der Waals surface area (Å²) in [4.78, 5) is 39.9. The summed E-state index contributed by atoms with van der Waals surface area (Å²) in [7, 11) is 3.27. The molecule has 2 aromatic rings. The number of halogens is 1. The van der Waals surface area contributed by atoms with Gasteiger partial charge in [0, 0.05) is 23.2 Å². The number of piperidine rings is 1. The average Bonchev–Trinajstić information content (AvgIpc) is 2.88. The summed E-state index contributed by atoms with van der Waals surface area (Å²) < 4.78 is 5.45. The second kappa shape index (κ2) is 9.18. The van der Waals surface area contributed by atoms with Crippen molar-refractivity contribution in [2.45, 2.75) is 24.9 Å². The van der Waals surface area contributed by atoms with Gasteiger partial charge in [0.15, 0.2) is 0 Å². The molecule has 2 aromatic carbocycles. The molecule has 32 heavy (non-hydrogen) atoms. The van der Waals surface area contributed by atoms with Crippen LogP contribution in [-0.2, 0) is 9.59 Å². The van der Waals surface area contributed by atoms with Crippen LogP contribution in [-0.4, -0.2) is 62.0 Å². The number of ether oxygens (including phenoxy) is 1. The van der Waals surface area contributed by atoms with Gasteiger partial charge in [-0.15, -0.1) is 0 Å². The fraction of sp³-hybridized carbons (Fsp3) is 0.348. The zero-order valence-corrected chi connectivity index (χ0v) is 18.7. The van der Waals surface area contributed by atoms with E-state index in [4.69, 9.17) is 16.3 Å². The number of carbonyl (C=O) groups excluding carboxylic acids is 3. The van der Waals surface area contributed by atoms with E-state index in [-0.39, 0.29) is 30.3 Å². The maximum atomic E-state index is 13.4. The Morgan fingerprint density at radius 1 is 1.22 bits per heavy atom. The number of hydrogen-bond donors (Lipinski definition) is 3. The molecule has 168 valence electrons. The highest BCUT2D eigenvalue weighted by atomic mass is 35.5. The first-order valence-electron chi connectivity index (χ1n) is 10.4. The van der Waals surface area contributed by atoms with Crippen molar-refractivity contribution in [2.24, 2.45) is 0 Å². The fourth-order valence-corrected chi connectivity index (χ4v) is 4.47. The largest absolute Gasteiger partial charge is 0.496 e. The molecule has 0 aromatic heterocycles. The maximum absolute atomic E-state index is 13.4. The minimum atomic E-state index is -0.646. The van der Waals surface area contributed by atoms with E-state index in [9.17, 15) is 14.4 Å². The molecule has 9 heteroatoms. The quantitative estimate of drug-likeness (QED) is 0.641. The van der Waals surface area contributed by atoms with Crippen molar-refractivity contribution in [3.63, 3.8) is 0 Å². The van der Waals surface area contributed by atoms with E-state index < -0.39 is 6.04 Å². The van der Waals surface area contributed by atoms with Gasteiger partial charge in [0.2, 0.25) is 11.8 Å². The Hall–Kier alpha value is -3.10. The highest BCUT2D eigenvalue weighted by Crippen LogP contribution is 2.36. The lowest BCUT2D eigenvalue weighted by Crippen LogP contribution is -2.55. The lowest BCUT2D eigenvalue weighted by molar-refractivity contribution is -0.124. The standard InChI is InChI=1S/C23H25ClN4O4/c1-25-12-21(29)26-15-7-8-28-19(11-15)22(30)27-18-5-3-13(9-17(18)23(28)31)16-10-14(24)4-6-20(16)32-2/h3-6,9-10,15,19,25H,7-8,11-12H2,1-2H3,(H,26,29)(H,27,30)/t15-,19+/m1/s1. The van der Waals surface area contributed by atoms with Gasteiger partial charge in [-0.1, -0.05) is 17.7 Å². The van der Waals surface area contributed by atoms with Crippen LogP contribution in [0.2, 0.25) is 5.02 Å². The molecule has 3 amide bonds. The van der Waals surface area contributed by atoms with Crippen molar-refractivity contribution in [1.29, 1.82) is 0 Å². The van der Waals surface area contributed by atoms with Gasteiger partial charge in [-0.25, -0.2) is 0 Å². The number of methoxy groups -OCH3 is 1. The number of benzene rings is 2. The lowest BCUT2D eigenvalue weighted by Gasteiger charge is -2.37. The van der Waals surface area contributed by atoms with Crippen LogP contribution >= 0.6 is 11.6 Å². The zero-order chi connectivity index (χ0) is 22.8. The Morgan fingerprint density at radius 2 is 2.03 bits per heavy atom. The topological polar surface area (TPSA) is 99.8 Å². The minimum Gasteiger partial charge on any atom is -0.496 e. The first-order valence-corrected chi connectivity index (χ1v) is 10.8. The smallest absolute Gasteiger partial charge is 0.256 e. The molecular formula is C23H25ClN4O4. The molecule has 1 saturated heterocycles. The summed E-state index contributed by atoms with van der Waals surface area (Å²) >= 11 is 6.18. The van der Waals surface area contributed by atoms with Gasteiger partial charge in [0.25, 0.3) is 5.91 Å². The molecule has 0 radical (unpaired) electrons. The van der Waals surface area contributed by atoms with E-state index in [0.29, 0.717) is 41.4 Å². The van der Waals surface area contributed by atoms with Crippen molar-refractivity contribution in [3.05, 3.63) is 47.0 Å². The molecule has 0 saturated carbocycles. The third-order valence-electron chi connectivity index (χ3n) is 5.85. The van der Waals surface area contributed by atoms with Crippen molar-refractivity contribution in [3.8, 4) is 16.9 Å². The number of hydrogen-bond acceptors (Lipinski definition) is 5. The van der Waals surface area contributed by atoms with E-state index in [1.54, 1.807) is 49.4 Å². The SMILES string of the molecule is CNCC(=O)N[C@@H]1CCN2C(=O)c3cc(-c4cc(Cl)ccc4OC)ccc3NC(=O)[C@@H]2C1. The van der Waals surface area contributed by atoms with Crippen LogP contribution in [0.25, 0.3) is 11.1 Å². The molecule has 0 aliphatic carbocycles. The van der Waals surface area contributed by atoms with Gasteiger partial charge in [-0.3, -0.25) is 14.4 Å². The molecule has 2 aliphatic heterocycles. The summed E-state index contributed by atoms with van der Waals surface area (Å²) in [5, 5.41) is 9.18.